The summed E-state index contributed by atoms with van der Waals surface area (Å²) in [5.41, 5.74) is 2.68. The minimum Gasteiger partial charge on any atom is -0.344 e. The number of nitrogens with zero attached hydrogens (tertiary/aromatic N) is 1. The minimum atomic E-state index is 0.262. The summed E-state index contributed by atoms with van der Waals surface area (Å²) in [6.07, 6.45) is 13.0. The van der Waals surface area contributed by atoms with E-state index in [0.717, 1.165) is 25.3 Å². The van der Waals surface area contributed by atoms with Crippen LogP contribution in [-0.4, -0.2) is 10.4 Å². The molecule has 2 nitrogen and oxygen atoms in total. The summed E-state index contributed by atoms with van der Waals surface area (Å²) in [5, 5.41) is 2.64. The van der Waals surface area contributed by atoms with Gasteiger partial charge in [-0.1, -0.05) is 65.8 Å². The van der Waals surface area contributed by atoms with E-state index in [-0.39, 0.29) is 5.78 Å². The van der Waals surface area contributed by atoms with Crippen molar-refractivity contribution in [2.75, 3.05) is 0 Å². The second-order valence-electron chi connectivity index (χ2n) is 6.83. The summed E-state index contributed by atoms with van der Waals surface area (Å²) < 4.78 is 2.49. The summed E-state index contributed by atoms with van der Waals surface area (Å²) in [4.78, 5) is 11.7. The fourth-order valence-electron chi connectivity index (χ4n) is 3.61. The van der Waals surface area contributed by atoms with Crippen LogP contribution in [0.1, 0.15) is 72.6 Å². The van der Waals surface area contributed by atoms with Gasteiger partial charge in [-0.05, 0) is 43.6 Å². The molecule has 1 aliphatic heterocycles. The molecule has 0 amide bonds. The first-order valence-corrected chi connectivity index (χ1v) is 10.1. The molecule has 2 aliphatic rings. The predicted molar refractivity (Wildman–Crippen MR) is 110 cm³/mol. The second kappa shape index (κ2) is 10.4. The Balaban J connectivity index is 0.000000730. The maximum atomic E-state index is 11.7. The molecule has 0 fully saturated rings. The van der Waals surface area contributed by atoms with E-state index in [0.29, 0.717) is 12.3 Å². The van der Waals surface area contributed by atoms with E-state index >= 15 is 0 Å². The predicted octanol–water partition coefficient (Wildman–Crippen LogP) is 4.41. The maximum absolute atomic E-state index is 11.7. The molecule has 1 aromatic rings. The van der Waals surface area contributed by atoms with Crippen LogP contribution in [0.3, 0.4) is 0 Å². The summed E-state index contributed by atoms with van der Waals surface area (Å²) in [6.45, 7) is 15.4. The molecule has 140 valence electrons. The van der Waals surface area contributed by atoms with E-state index in [4.69, 9.17) is 0 Å². The Morgan fingerprint density at radius 2 is 1.88 bits per heavy atom. The quantitative estimate of drug-likeness (QED) is 0.779. The van der Waals surface area contributed by atoms with Gasteiger partial charge in [0.15, 0.2) is 0 Å². The van der Waals surface area contributed by atoms with Crippen molar-refractivity contribution in [1.29, 1.82) is 0 Å². The molecule has 3 rings (SSSR count). The Labute approximate surface area is 154 Å². The van der Waals surface area contributed by atoms with Crippen LogP contribution < -0.4 is 10.6 Å². The fourth-order valence-corrected chi connectivity index (χ4v) is 3.61. The molecule has 25 heavy (non-hydrogen) atoms. The van der Waals surface area contributed by atoms with E-state index in [2.05, 4.69) is 42.7 Å². The van der Waals surface area contributed by atoms with Crippen molar-refractivity contribution < 1.29 is 4.79 Å². The smallest absolute Gasteiger partial charge is 0.134 e. The number of fused-ring (bicyclic) bond motifs is 3. The van der Waals surface area contributed by atoms with E-state index < -0.39 is 0 Å². The Bertz CT molecular complexity index is 705. The van der Waals surface area contributed by atoms with Gasteiger partial charge in [0.25, 0.3) is 0 Å². The number of allylic oxidation sites excluding steroid dienone is 2. The first-order chi connectivity index (χ1) is 12.1. The molecule has 0 radical (unpaired) electrons. The number of ketones is 1. The van der Waals surface area contributed by atoms with E-state index in [9.17, 15) is 4.79 Å². The molecule has 2 heteroatoms. The van der Waals surface area contributed by atoms with Gasteiger partial charge >= 0.3 is 0 Å². The molecule has 0 aromatic carbocycles. The monoisotopic (exact) mass is 343 g/mol. The first-order valence-electron chi connectivity index (χ1n) is 10.1. The molecule has 2 heterocycles. The zero-order valence-corrected chi connectivity index (χ0v) is 17.4. The average molecular weight is 344 g/mol. The highest BCUT2D eigenvalue weighted by Gasteiger charge is 2.22. The molecule has 1 aliphatic carbocycles. The van der Waals surface area contributed by atoms with Crippen molar-refractivity contribution in [3.63, 3.8) is 0 Å². The van der Waals surface area contributed by atoms with Crippen molar-refractivity contribution in [2.45, 2.75) is 80.7 Å². The highest BCUT2D eigenvalue weighted by atomic mass is 16.1. The number of hydrogen-bond donors (Lipinski definition) is 0. The Morgan fingerprint density at radius 3 is 2.52 bits per heavy atom. The SMILES string of the molecule is CC.CC.CC(=O)Cc1c2n(c3/c1=C\C=C/C(C)C/C=3)C[C@H](C)CC2. The summed E-state index contributed by atoms with van der Waals surface area (Å²) >= 11 is 0. The van der Waals surface area contributed by atoms with Crippen molar-refractivity contribution in [2.24, 2.45) is 11.8 Å². The largest absolute Gasteiger partial charge is 0.344 e. The van der Waals surface area contributed by atoms with Gasteiger partial charge in [-0.15, -0.1) is 0 Å². The molecule has 1 aromatic heterocycles. The van der Waals surface area contributed by atoms with Crippen LogP contribution in [0.5, 0.6) is 0 Å². The molecule has 0 saturated carbocycles. The second-order valence-corrected chi connectivity index (χ2v) is 6.83. The zero-order valence-electron chi connectivity index (χ0n) is 17.4. The molecule has 1 unspecified atom stereocenters. The summed E-state index contributed by atoms with van der Waals surface area (Å²) in [5.74, 6) is 1.57. The van der Waals surface area contributed by atoms with Crippen LogP contribution in [0, 0.1) is 11.8 Å². The summed E-state index contributed by atoms with van der Waals surface area (Å²) in [6, 6.07) is 0. The third-order valence-electron chi connectivity index (χ3n) is 4.75. The van der Waals surface area contributed by atoms with Crippen molar-refractivity contribution in [3.05, 3.63) is 34.0 Å². The van der Waals surface area contributed by atoms with Gasteiger partial charge in [-0.2, -0.15) is 0 Å². The molecule has 2 atom stereocenters. The highest BCUT2D eigenvalue weighted by Crippen LogP contribution is 2.20. The summed E-state index contributed by atoms with van der Waals surface area (Å²) in [7, 11) is 0. The van der Waals surface area contributed by atoms with Gasteiger partial charge in [0.1, 0.15) is 5.78 Å². The fraction of sp³-hybridized carbons (Fsp3) is 0.609. The Morgan fingerprint density at radius 1 is 1.20 bits per heavy atom. The third kappa shape index (κ3) is 5.20. The number of carbonyl (C=O) groups excluding carboxylic acids is 1. The van der Waals surface area contributed by atoms with Crippen LogP contribution in [0.15, 0.2) is 12.2 Å². The van der Waals surface area contributed by atoms with Crippen molar-refractivity contribution >= 4 is 17.9 Å². The standard InChI is InChI=1S/C19H25NO.2C2H6/c1-13-5-4-6-16-17(11-15(3)21)19-10-8-14(2)12-20(19)18(16)9-7-13;2*1-2/h4-6,9,13-14H,7-8,10-12H2,1-3H3;2*1-2H3/b5-4-,16-6-,18-9-;;/t13?,14-;;/m1../s1. The van der Waals surface area contributed by atoms with Crippen molar-refractivity contribution in [1.82, 2.24) is 4.57 Å². The van der Waals surface area contributed by atoms with Gasteiger partial charge in [0.05, 0.1) is 0 Å². The van der Waals surface area contributed by atoms with Gasteiger partial charge < -0.3 is 4.57 Å². The number of aromatic nitrogens is 1. The number of Topliss-reactive ketones (excluding diaryl/α,β-unsaturated/α-hetero) is 1. The lowest BCUT2D eigenvalue weighted by Gasteiger charge is -2.23. The van der Waals surface area contributed by atoms with Gasteiger partial charge in [0.2, 0.25) is 0 Å². The topological polar surface area (TPSA) is 22.0 Å². The van der Waals surface area contributed by atoms with E-state index in [1.165, 1.54) is 28.2 Å². The normalized spacial score (nSPS) is 24.8. The maximum Gasteiger partial charge on any atom is 0.134 e. The molecular formula is C23H37NO. The van der Waals surface area contributed by atoms with Crippen LogP contribution in [0.25, 0.3) is 12.2 Å². The number of rotatable bonds is 2. The average Bonchev–Trinajstić information content (AvgIpc) is 2.86. The van der Waals surface area contributed by atoms with E-state index in [1.807, 2.05) is 27.7 Å². The van der Waals surface area contributed by atoms with Gasteiger partial charge in [0, 0.05) is 29.2 Å². The highest BCUT2D eigenvalue weighted by molar-refractivity contribution is 5.78. The van der Waals surface area contributed by atoms with Crippen LogP contribution >= 0.6 is 0 Å². The third-order valence-corrected chi connectivity index (χ3v) is 4.75. The van der Waals surface area contributed by atoms with Crippen molar-refractivity contribution in [3.8, 4) is 0 Å². The number of carbonyl (C=O) groups is 1. The lowest BCUT2D eigenvalue weighted by Crippen LogP contribution is -2.33. The molecule has 0 N–H and O–H groups in total. The minimum absolute atomic E-state index is 0.262. The Kier molecular flexibility index (Phi) is 8.96. The Hall–Kier alpha value is -1.57. The van der Waals surface area contributed by atoms with Crippen LogP contribution in [0.2, 0.25) is 0 Å². The lowest BCUT2D eigenvalue weighted by molar-refractivity contribution is -0.116. The molecule has 0 bridgehead atoms. The molecule has 0 saturated heterocycles. The lowest BCUT2D eigenvalue weighted by atomic mass is 9.96. The van der Waals surface area contributed by atoms with Crippen LogP contribution in [0.4, 0.5) is 0 Å². The molecule has 0 spiro atoms. The van der Waals surface area contributed by atoms with Gasteiger partial charge in [-0.25, -0.2) is 0 Å². The first kappa shape index (κ1) is 21.5. The van der Waals surface area contributed by atoms with Gasteiger partial charge in [-0.3, -0.25) is 4.79 Å². The molecular weight excluding hydrogens is 306 g/mol. The van der Waals surface area contributed by atoms with Crippen LogP contribution in [-0.2, 0) is 24.2 Å². The zero-order chi connectivity index (χ0) is 19.0. The van der Waals surface area contributed by atoms with E-state index in [1.54, 1.807) is 6.92 Å². The number of hydrogen-bond acceptors (Lipinski definition) is 1.